The molecule has 0 unspecified atom stereocenters. The van der Waals surface area contributed by atoms with Crippen molar-refractivity contribution in [2.75, 3.05) is 26.4 Å². The molecular formula is C7H11BO2. The molecule has 0 fully saturated rings. The van der Waals surface area contributed by atoms with Crippen LogP contribution in [0.4, 0.5) is 0 Å². The van der Waals surface area contributed by atoms with E-state index in [4.69, 9.17) is 23.7 Å². The molecule has 10 heavy (non-hydrogen) atoms. The Morgan fingerprint density at radius 3 is 2.50 bits per heavy atom. The first-order valence-electron chi connectivity index (χ1n) is 3.21. The molecule has 0 aliphatic rings. The molecule has 0 bridgehead atoms. The SMILES string of the molecule is [B]CCOCCOCC#C. The lowest BCUT2D eigenvalue weighted by atomic mass is 10.1. The van der Waals surface area contributed by atoms with Crippen molar-refractivity contribution in [2.45, 2.75) is 6.32 Å². The van der Waals surface area contributed by atoms with Crippen LogP contribution < -0.4 is 0 Å². The van der Waals surface area contributed by atoms with Gasteiger partial charge in [-0.1, -0.05) is 12.2 Å². The molecule has 0 aliphatic carbocycles. The highest BCUT2D eigenvalue weighted by Crippen LogP contribution is 1.79. The lowest BCUT2D eigenvalue weighted by molar-refractivity contribution is 0.0664. The summed E-state index contributed by atoms with van der Waals surface area (Å²) in [4.78, 5) is 0. The maximum Gasteiger partial charge on any atom is 0.107 e. The van der Waals surface area contributed by atoms with Crippen molar-refractivity contribution in [3.8, 4) is 12.3 Å². The van der Waals surface area contributed by atoms with Gasteiger partial charge in [0.1, 0.15) is 6.61 Å². The van der Waals surface area contributed by atoms with E-state index >= 15 is 0 Å². The Labute approximate surface area is 63.3 Å². The van der Waals surface area contributed by atoms with Gasteiger partial charge in [0, 0.05) is 6.61 Å². The van der Waals surface area contributed by atoms with Crippen molar-refractivity contribution < 1.29 is 9.47 Å². The van der Waals surface area contributed by atoms with E-state index in [0.717, 1.165) is 0 Å². The summed E-state index contributed by atoms with van der Waals surface area (Å²) in [5, 5.41) is 0. The summed E-state index contributed by atoms with van der Waals surface area (Å²) in [5.74, 6) is 2.36. The second-order valence-electron chi connectivity index (χ2n) is 1.66. The topological polar surface area (TPSA) is 18.5 Å². The summed E-state index contributed by atoms with van der Waals surface area (Å²) in [6.07, 6.45) is 5.48. The van der Waals surface area contributed by atoms with Gasteiger partial charge in [0.05, 0.1) is 21.1 Å². The van der Waals surface area contributed by atoms with Crippen LogP contribution in [0.25, 0.3) is 0 Å². The largest absolute Gasteiger partial charge is 0.380 e. The van der Waals surface area contributed by atoms with Crippen LogP contribution >= 0.6 is 0 Å². The first-order valence-corrected chi connectivity index (χ1v) is 3.21. The highest BCUT2D eigenvalue weighted by molar-refractivity contribution is 6.08. The zero-order valence-corrected chi connectivity index (χ0v) is 6.01. The van der Waals surface area contributed by atoms with E-state index in [-0.39, 0.29) is 0 Å². The summed E-state index contributed by atoms with van der Waals surface area (Å²) >= 11 is 0. The van der Waals surface area contributed by atoms with Crippen LogP contribution in [0.3, 0.4) is 0 Å². The number of ether oxygens (including phenoxy) is 2. The van der Waals surface area contributed by atoms with E-state index in [0.29, 0.717) is 32.7 Å². The molecule has 54 valence electrons. The van der Waals surface area contributed by atoms with E-state index < -0.39 is 0 Å². The molecule has 0 amide bonds. The molecule has 0 heterocycles. The van der Waals surface area contributed by atoms with Crippen molar-refractivity contribution in [1.82, 2.24) is 0 Å². The number of hydrogen-bond acceptors (Lipinski definition) is 2. The van der Waals surface area contributed by atoms with E-state index in [1.165, 1.54) is 0 Å². The predicted octanol–water partition coefficient (Wildman–Crippen LogP) is 0.240. The molecule has 3 heteroatoms. The van der Waals surface area contributed by atoms with Crippen LogP contribution in [-0.4, -0.2) is 34.3 Å². The molecule has 0 aromatic heterocycles. The highest BCUT2D eigenvalue weighted by atomic mass is 16.5. The smallest absolute Gasteiger partial charge is 0.107 e. The van der Waals surface area contributed by atoms with Crippen LogP contribution in [0.2, 0.25) is 6.32 Å². The van der Waals surface area contributed by atoms with Crippen LogP contribution in [0, 0.1) is 12.3 Å². The normalized spacial score (nSPS) is 9.10. The fraction of sp³-hybridized carbons (Fsp3) is 0.714. The summed E-state index contributed by atoms with van der Waals surface area (Å²) < 4.78 is 9.94. The minimum atomic E-state index is 0.353. The van der Waals surface area contributed by atoms with Crippen LogP contribution in [0.5, 0.6) is 0 Å². The highest BCUT2D eigenvalue weighted by Gasteiger charge is 1.84. The van der Waals surface area contributed by atoms with Crippen molar-refractivity contribution in [1.29, 1.82) is 0 Å². The zero-order chi connectivity index (χ0) is 7.66. The maximum atomic E-state index is 5.17. The summed E-state index contributed by atoms with van der Waals surface area (Å²) in [7, 11) is 5.17. The average Bonchev–Trinajstić information content (AvgIpc) is 1.97. The van der Waals surface area contributed by atoms with Gasteiger partial charge < -0.3 is 9.47 Å². The third-order valence-electron chi connectivity index (χ3n) is 0.820. The van der Waals surface area contributed by atoms with Gasteiger partial charge in [-0.25, -0.2) is 0 Å². The van der Waals surface area contributed by atoms with Crippen LogP contribution in [0.1, 0.15) is 0 Å². The molecule has 0 aromatic rings. The van der Waals surface area contributed by atoms with E-state index in [1.807, 2.05) is 0 Å². The van der Waals surface area contributed by atoms with E-state index in [9.17, 15) is 0 Å². The van der Waals surface area contributed by atoms with Crippen LogP contribution in [0.15, 0.2) is 0 Å². The fourth-order valence-corrected chi connectivity index (χ4v) is 0.434. The molecule has 0 N–H and O–H groups in total. The van der Waals surface area contributed by atoms with Crippen LogP contribution in [-0.2, 0) is 9.47 Å². The molecule has 0 atom stereocenters. The molecule has 2 nitrogen and oxygen atoms in total. The van der Waals surface area contributed by atoms with Crippen molar-refractivity contribution in [2.24, 2.45) is 0 Å². The van der Waals surface area contributed by atoms with Gasteiger partial charge in [0.15, 0.2) is 0 Å². The Balaban J connectivity index is 2.72. The van der Waals surface area contributed by atoms with E-state index in [2.05, 4.69) is 5.92 Å². The minimum absolute atomic E-state index is 0.353. The third-order valence-corrected chi connectivity index (χ3v) is 0.820. The lowest BCUT2D eigenvalue weighted by Crippen LogP contribution is -2.04. The Hall–Kier alpha value is -0.455. The molecular weight excluding hydrogens is 127 g/mol. The third kappa shape index (κ3) is 7.54. The molecule has 0 spiro atoms. The zero-order valence-electron chi connectivity index (χ0n) is 6.01. The van der Waals surface area contributed by atoms with Crippen molar-refractivity contribution >= 4 is 7.85 Å². The first-order chi connectivity index (χ1) is 4.91. The molecule has 2 radical (unpaired) electrons. The Morgan fingerprint density at radius 1 is 1.20 bits per heavy atom. The molecule has 0 aliphatic heterocycles. The Kier molecular flexibility index (Phi) is 8.16. The molecule has 0 saturated heterocycles. The predicted molar refractivity (Wildman–Crippen MR) is 41.0 cm³/mol. The van der Waals surface area contributed by atoms with Gasteiger partial charge in [0.25, 0.3) is 0 Å². The standard InChI is InChI=1S/C7H11BO2/c1-2-4-9-6-7-10-5-3-8/h1H,3-7H2. The molecule has 0 aromatic carbocycles. The van der Waals surface area contributed by atoms with Gasteiger partial charge in [-0.3, -0.25) is 0 Å². The number of terminal acetylenes is 1. The fourth-order valence-electron chi connectivity index (χ4n) is 0.434. The molecule has 0 saturated carbocycles. The van der Waals surface area contributed by atoms with E-state index in [1.54, 1.807) is 0 Å². The summed E-state index contributed by atoms with van der Waals surface area (Å²) in [6.45, 7) is 2.05. The second-order valence-corrected chi connectivity index (χ2v) is 1.66. The lowest BCUT2D eigenvalue weighted by Gasteiger charge is -2.00. The average molecular weight is 138 g/mol. The van der Waals surface area contributed by atoms with Gasteiger partial charge in [-0.05, 0) is 0 Å². The summed E-state index contributed by atoms with van der Waals surface area (Å²) in [5.41, 5.74) is 0. The minimum Gasteiger partial charge on any atom is -0.380 e. The van der Waals surface area contributed by atoms with Crippen molar-refractivity contribution in [3.63, 3.8) is 0 Å². The van der Waals surface area contributed by atoms with Gasteiger partial charge in [-0.15, -0.1) is 6.42 Å². The molecule has 0 rings (SSSR count). The number of hydrogen-bond donors (Lipinski definition) is 0. The second kappa shape index (κ2) is 8.54. The van der Waals surface area contributed by atoms with Gasteiger partial charge >= 0.3 is 0 Å². The quantitative estimate of drug-likeness (QED) is 0.297. The Bertz CT molecular complexity index is 98.3. The first kappa shape index (κ1) is 9.54. The van der Waals surface area contributed by atoms with Gasteiger partial charge in [-0.2, -0.15) is 0 Å². The van der Waals surface area contributed by atoms with Crippen molar-refractivity contribution in [3.05, 3.63) is 0 Å². The Morgan fingerprint density at radius 2 is 1.90 bits per heavy atom. The monoisotopic (exact) mass is 138 g/mol. The maximum absolute atomic E-state index is 5.17. The van der Waals surface area contributed by atoms with Gasteiger partial charge in [0.2, 0.25) is 0 Å². The summed E-state index contributed by atoms with van der Waals surface area (Å²) in [6, 6.07) is 0. The number of rotatable bonds is 6.